The van der Waals surface area contributed by atoms with Gasteiger partial charge < -0.3 is 9.80 Å². The Labute approximate surface area is 464 Å². The second-order valence-electron chi connectivity index (χ2n) is 23.7. The molecule has 0 heterocycles. The zero-order valence-electron chi connectivity index (χ0n) is 45.6. The van der Waals surface area contributed by atoms with Gasteiger partial charge >= 0.3 is 0 Å². The van der Waals surface area contributed by atoms with Crippen molar-refractivity contribution in [1.29, 1.82) is 0 Å². The fraction of sp³-hybridized carbons (Fsp3) is 0.117. The number of nitrogens with zero attached hydrogens (tertiary/aromatic N) is 2. The van der Waals surface area contributed by atoms with Crippen LogP contribution in [-0.4, -0.2) is 0 Å². The van der Waals surface area contributed by atoms with Crippen molar-refractivity contribution in [2.45, 2.75) is 57.8 Å². The lowest BCUT2D eigenvalue weighted by atomic mass is 9.68. The van der Waals surface area contributed by atoms with E-state index in [0.29, 0.717) is 0 Å². The van der Waals surface area contributed by atoms with Crippen molar-refractivity contribution in [3.8, 4) is 55.6 Å². The maximum atomic E-state index is 2.49. The highest BCUT2D eigenvalue weighted by atomic mass is 15.1. The monoisotopic (exact) mass is 1010 g/mol. The maximum absolute atomic E-state index is 2.49. The average molecular weight is 1010 g/mol. The molecular weight excluding hydrogens is 953 g/mol. The third-order valence-electron chi connectivity index (χ3n) is 18.2. The number of rotatable bonds is 8. The molecule has 0 bridgehead atoms. The van der Waals surface area contributed by atoms with Crippen molar-refractivity contribution in [2.75, 3.05) is 9.80 Å². The summed E-state index contributed by atoms with van der Waals surface area (Å²) in [7, 11) is 0. The summed E-state index contributed by atoms with van der Waals surface area (Å²) in [4.78, 5) is 4.94. The number of hydrogen-bond acceptors (Lipinski definition) is 2. The lowest BCUT2D eigenvalue weighted by molar-refractivity contribution is 0.645. The van der Waals surface area contributed by atoms with Crippen molar-refractivity contribution >= 4 is 55.7 Å². The fourth-order valence-corrected chi connectivity index (χ4v) is 14.1. The van der Waals surface area contributed by atoms with Crippen molar-refractivity contribution in [3.63, 3.8) is 0 Å². The molecular formula is C77H60N2. The second kappa shape index (κ2) is 17.4. The second-order valence-corrected chi connectivity index (χ2v) is 23.7. The molecule has 12 aromatic carbocycles. The predicted molar refractivity (Wildman–Crippen MR) is 334 cm³/mol. The van der Waals surface area contributed by atoms with Crippen LogP contribution >= 0.6 is 0 Å². The van der Waals surface area contributed by atoms with Gasteiger partial charge in [-0.3, -0.25) is 0 Å². The van der Waals surface area contributed by atoms with Gasteiger partial charge in [0.2, 0.25) is 0 Å². The minimum absolute atomic E-state index is 0.132. The highest BCUT2D eigenvalue weighted by molar-refractivity contribution is 6.17. The lowest BCUT2D eigenvalue weighted by Gasteiger charge is -2.37. The zero-order valence-corrected chi connectivity index (χ0v) is 45.6. The third-order valence-corrected chi connectivity index (χ3v) is 18.2. The van der Waals surface area contributed by atoms with E-state index in [4.69, 9.17) is 0 Å². The maximum Gasteiger partial charge on any atom is 0.0468 e. The summed E-state index contributed by atoms with van der Waals surface area (Å²) in [5.74, 6) is 0. The first kappa shape index (κ1) is 47.0. The fourth-order valence-electron chi connectivity index (χ4n) is 14.1. The van der Waals surface area contributed by atoms with E-state index in [2.05, 4.69) is 306 Å². The zero-order chi connectivity index (χ0) is 53.4. The average Bonchev–Trinajstić information content (AvgIpc) is 3.98. The Balaban J connectivity index is 0.870. The quantitative estimate of drug-likeness (QED) is 0.140. The highest BCUT2D eigenvalue weighted by Gasteiger charge is 2.39. The van der Waals surface area contributed by atoms with Crippen LogP contribution in [-0.2, 0) is 16.2 Å². The largest absolute Gasteiger partial charge is 0.310 e. The molecule has 0 saturated heterocycles. The normalized spacial score (nSPS) is 14.5. The number of benzene rings is 12. The Morgan fingerprint density at radius 2 is 0.582 bits per heavy atom. The first-order chi connectivity index (χ1) is 38.4. The first-order valence-electron chi connectivity index (χ1n) is 28.0. The molecule has 0 aliphatic heterocycles. The summed E-state index contributed by atoms with van der Waals surface area (Å²) >= 11 is 0. The van der Waals surface area contributed by atoms with Crippen molar-refractivity contribution in [1.82, 2.24) is 0 Å². The minimum Gasteiger partial charge on any atom is -0.310 e. The summed E-state index contributed by atoms with van der Waals surface area (Å²) < 4.78 is 0. The van der Waals surface area contributed by atoms with Crippen LogP contribution in [0, 0.1) is 0 Å². The Hall–Kier alpha value is -9.24. The molecule has 15 rings (SSSR count). The number of fused-ring (bicyclic) bond motifs is 10. The Bertz CT molecular complexity index is 4430. The molecule has 378 valence electrons. The smallest absolute Gasteiger partial charge is 0.0468 e. The van der Waals surface area contributed by atoms with Crippen LogP contribution < -0.4 is 9.80 Å². The Morgan fingerprint density at radius 3 is 1.06 bits per heavy atom. The summed E-state index contributed by atoms with van der Waals surface area (Å²) in [6.45, 7) is 14.3. The molecule has 0 fully saturated rings. The van der Waals surface area contributed by atoms with E-state index in [1.165, 1.54) is 111 Å². The lowest BCUT2D eigenvalue weighted by Crippen LogP contribution is -2.24. The van der Waals surface area contributed by atoms with E-state index < -0.39 is 0 Å². The molecule has 0 saturated carbocycles. The SMILES string of the molecule is CC1(C)c2ccccc2-c2ccc(N(c3ccc(-c4ccccc4)cc3)c3ccc4c(c3)C(C)(C)c3cccc5c3c-4cc3ccc(N(c4ccc(-c6ccccc6)cc4)c4ccc6c(c4)C(C)(C)c4ccccc4-6)cc35)cc21. The van der Waals surface area contributed by atoms with Crippen LogP contribution in [0.3, 0.4) is 0 Å². The summed E-state index contributed by atoms with van der Waals surface area (Å²) in [6, 6.07) is 95.6. The van der Waals surface area contributed by atoms with Crippen LogP contribution in [0.1, 0.15) is 74.9 Å². The first-order valence-corrected chi connectivity index (χ1v) is 28.0. The molecule has 3 aliphatic carbocycles. The van der Waals surface area contributed by atoms with E-state index in [1.807, 2.05) is 0 Å². The van der Waals surface area contributed by atoms with Gasteiger partial charge in [-0.05, 0) is 189 Å². The van der Waals surface area contributed by atoms with Crippen molar-refractivity contribution in [3.05, 3.63) is 288 Å². The van der Waals surface area contributed by atoms with Crippen LogP contribution in [0.4, 0.5) is 34.1 Å². The van der Waals surface area contributed by atoms with Crippen LogP contribution in [0.2, 0.25) is 0 Å². The van der Waals surface area contributed by atoms with Gasteiger partial charge in [-0.15, -0.1) is 0 Å². The highest BCUT2D eigenvalue weighted by Crippen LogP contribution is 2.55. The molecule has 0 atom stereocenters. The Kier molecular flexibility index (Phi) is 10.3. The van der Waals surface area contributed by atoms with Gasteiger partial charge in [-0.1, -0.05) is 217 Å². The van der Waals surface area contributed by atoms with Gasteiger partial charge in [-0.25, -0.2) is 0 Å². The molecule has 2 nitrogen and oxygen atoms in total. The molecule has 0 amide bonds. The third kappa shape index (κ3) is 7.17. The minimum atomic E-state index is -0.311. The molecule has 12 aromatic rings. The molecule has 3 aliphatic rings. The molecule has 0 spiro atoms. The summed E-state index contributed by atoms with van der Waals surface area (Å²) in [5.41, 5.74) is 27.1. The van der Waals surface area contributed by atoms with Crippen LogP contribution in [0.5, 0.6) is 0 Å². The van der Waals surface area contributed by atoms with Crippen molar-refractivity contribution < 1.29 is 0 Å². The summed E-state index contributed by atoms with van der Waals surface area (Å²) in [6.07, 6.45) is 0. The molecule has 0 unspecified atom stereocenters. The van der Waals surface area contributed by atoms with E-state index >= 15 is 0 Å². The molecule has 2 heteroatoms. The molecule has 0 aromatic heterocycles. The predicted octanol–water partition coefficient (Wildman–Crippen LogP) is 21.2. The molecule has 0 N–H and O–H groups in total. The van der Waals surface area contributed by atoms with Gasteiger partial charge in [0, 0.05) is 50.4 Å². The van der Waals surface area contributed by atoms with Gasteiger partial charge in [0.15, 0.2) is 0 Å². The van der Waals surface area contributed by atoms with Crippen LogP contribution in [0.15, 0.2) is 255 Å². The van der Waals surface area contributed by atoms with E-state index in [-0.39, 0.29) is 16.2 Å². The van der Waals surface area contributed by atoms with Crippen molar-refractivity contribution in [2.24, 2.45) is 0 Å². The number of anilines is 6. The Morgan fingerprint density at radius 1 is 0.228 bits per heavy atom. The molecule has 0 radical (unpaired) electrons. The standard InChI is InChI=1S/C77H60N2/c1-75(2)68-25-15-13-22-60(68)62-41-38-57(46-71(62)75)78(54-33-28-51(29-34-54)49-18-9-7-10-19-49)56-37-32-53-44-67-64-43-40-59(48-73(64)77(5,6)70-27-17-24-65(74(67)70)66(53)45-56)79(55-35-30-52(31-36-55)50-20-11-8-12-21-50)58-39-42-63-61-23-14-16-26-69(61)76(3,4)72(63)47-58/h7-48H,1-6H3. The van der Waals surface area contributed by atoms with Gasteiger partial charge in [0.1, 0.15) is 0 Å². The van der Waals surface area contributed by atoms with E-state index in [1.54, 1.807) is 0 Å². The van der Waals surface area contributed by atoms with Gasteiger partial charge in [0.25, 0.3) is 0 Å². The number of hydrogen-bond donors (Lipinski definition) is 0. The topological polar surface area (TPSA) is 6.48 Å². The van der Waals surface area contributed by atoms with E-state index in [9.17, 15) is 0 Å². The molecule has 79 heavy (non-hydrogen) atoms. The van der Waals surface area contributed by atoms with Crippen LogP contribution in [0.25, 0.3) is 77.2 Å². The van der Waals surface area contributed by atoms with Gasteiger partial charge in [0.05, 0.1) is 0 Å². The summed E-state index contributed by atoms with van der Waals surface area (Å²) in [5, 5.41) is 5.09. The van der Waals surface area contributed by atoms with Gasteiger partial charge in [-0.2, -0.15) is 0 Å². The van der Waals surface area contributed by atoms with E-state index in [0.717, 1.165) is 34.1 Å².